The van der Waals surface area contributed by atoms with Gasteiger partial charge >= 0.3 is 6.18 Å². The van der Waals surface area contributed by atoms with Crippen LogP contribution in [0.1, 0.15) is 17.8 Å². The van der Waals surface area contributed by atoms with E-state index in [9.17, 15) is 18.0 Å². The number of nitrogens with zero attached hydrogens (tertiary/aromatic N) is 4. The largest absolute Gasteiger partial charge is 0.394 e. The summed E-state index contributed by atoms with van der Waals surface area (Å²) in [5, 5.41) is 0. The number of halogens is 3. The van der Waals surface area contributed by atoms with E-state index >= 15 is 0 Å². The van der Waals surface area contributed by atoms with E-state index in [0.29, 0.717) is 29.0 Å². The van der Waals surface area contributed by atoms with E-state index in [2.05, 4.69) is 29.6 Å². The second-order valence-corrected chi connectivity index (χ2v) is 14.6. The lowest BCUT2D eigenvalue weighted by atomic mass is 10.2. The first-order chi connectivity index (χ1) is 14.9. The molecule has 11 heteroatoms. The lowest BCUT2D eigenvalue weighted by Gasteiger charge is -2.17. The molecule has 32 heavy (non-hydrogen) atoms. The minimum atomic E-state index is -4.29. The van der Waals surface area contributed by atoms with Crippen molar-refractivity contribution in [1.29, 1.82) is 0 Å². The first-order valence-corrected chi connectivity index (χ1v) is 14.1. The van der Waals surface area contributed by atoms with Crippen molar-refractivity contribution in [2.45, 2.75) is 58.0 Å². The van der Waals surface area contributed by atoms with Crippen molar-refractivity contribution in [2.24, 2.45) is 0 Å². The van der Waals surface area contributed by atoms with Crippen LogP contribution >= 0.6 is 0 Å². The molecule has 2 N–H and O–H groups in total. The molecule has 0 spiro atoms. The van der Waals surface area contributed by atoms with Gasteiger partial charge < -0.3 is 19.6 Å². The molecule has 0 aromatic carbocycles. The monoisotopic (exact) mass is 467 g/mol. The van der Waals surface area contributed by atoms with Crippen LogP contribution in [0.5, 0.6) is 0 Å². The highest BCUT2D eigenvalue weighted by Crippen LogP contribution is 2.26. The summed E-state index contributed by atoms with van der Waals surface area (Å²) in [6.07, 6.45) is -2.66. The number of aryl methyl sites for hydroxylation is 1. The van der Waals surface area contributed by atoms with Crippen LogP contribution in [0.15, 0.2) is 35.5 Å². The Kier molecular flexibility index (Phi) is 7.08. The van der Waals surface area contributed by atoms with Crippen LogP contribution < -0.4 is 11.3 Å². The van der Waals surface area contributed by atoms with Gasteiger partial charge in [-0.3, -0.25) is 4.79 Å². The van der Waals surface area contributed by atoms with Crippen LogP contribution in [0.4, 0.5) is 18.9 Å². The van der Waals surface area contributed by atoms with E-state index in [0.717, 1.165) is 6.04 Å². The number of hydrogen-bond donors (Lipinski definition) is 1. The standard InChI is InChI=1S/C21H28F3N5O2Si/c1-32(2,3)10-9-31-14-29-15(12-28-8-4-5-16(25)20(28)30)11-18-19(29)17(26-13-27-18)6-7-21(22,23)24/h4-5,8,11,13H,6-7,9-10,12,14,25H2,1-3H3. The van der Waals surface area contributed by atoms with Gasteiger partial charge in [-0.25, -0.2) is 9.97 Å². The Labute approximate surface area is 185 Å². The smallest absolute Gasteiger partial charge is 0.389 e. The number of aromatic nitrogens is 4. The van der Waals surface area contributed by atoms with Crippen molar-refractivity contribution < 1.29 is 17.9 Å². The zero-order valence-corrected chi connectivity index (χ0v) is 19.4. The number of hydrogen-bond acceptors (Lipinski definition) is 5. The molecule has 0 radical (unpaired) electrons. The van der Waals surface area contributed by atoms with E-state index in [4.69, 9.17) is 10.5 Å². The highest BCUT2D eigenvalue weighted by atomic mass is 28.3. The Morgan fingerprint density at radius 2 is 1.97 bits per heavy atom. The fraction of sp³-hybridized carbons (Fsp3) is 0.476. The molecule has 7 nitrogen and oxygen atoms in total. The van der Waals surface area contributed by atoms with E-state index < -0.39 is 20.7 Å². The number of ether oxygens (including phenoxy) is 1. The van der Waals surface area contributed by atoms with Gasteiger partial charge in [0, 0.05) is 39.4 Å². The summed E-state index contributed by atoms with van der Waals surface area (Å²) in [5.74, 6) is 0. The minimum absolute atomic E-state index is 0.118. The molecule has 0 unspecified atom stereocenters. The summed E-state index contributed by atoms with van der Waals surface area (Å²) in [6.45, 7) is 7.56. The van der Waals surface area contributed by atoms with Gasteiger partial charge in [0.05, 0.1) is 29.0 Å². The summed E-state index contributed by atoms with van der Waals surface area (Å²) in [4.78, 5) is 20.8. The van der Waals surface area contributed by atoms with Crippen molar-refractivity contribution in [1.82, 2.24) is 19.1 Å². The highest BCUT2D eigenvalue weighted by Gasteiger charge is 2.28. The van der Waals surface area contributed by atoms with Gasteiger partial charge in [0.15, 0.2) is 0 Å². The summed E-state index contributed by atoms with van der Waals surface area (Å²) >= 11 is 0. The molecule has 3 aromatic heterocycles. The zero-order chi connectivity index (χ0) is 23.5. The highest BCUT2D eigenvalue weighted by molar-refractivity contribution is 6.76. The Bertz CT molecular complexity index is 1140. The summed E-state index contributed by atoms with van der Waals surface area (Å²) < 4.78 is 47.7. The van der Waals surface area contributed by atoms with Crippen LogP contribution in [0.3, 0.4) is 0 Å². The molecule has 3 heterocycles. The van der Waals surface area contributed by atoms with Gasteiger partial charge in [0.2, 0.25) is 0 Å². The molecule has 0 fully saturated rings. The molecule has 0 saturated heterocycles. The van der Waals surface area contributed by atoms with Crippen LogP contribution in [0, 0.1) is 0 Å². The van der Waals surface area contributed by atoms with E-state index in [1.165, 1.54) is 17.0 Å². The van der Waals surface area contributed by atoms with Crippen molar-refractivity contribution in [3.63, 3.8) is 0 Å². The Balaban J connectivity index is 1.99. The second-order valence-electron chi connectivity index (χ2n) is 8.98. The third kappa shape index (κ3) is 6.19. The van der Waals surface area contributed by atoms with Crippen LogP contribution in [-0.2, 0) is 24.4 Å². The van der Waals surface area contributed by atoms with Gasteiger partial charge in [-0.2, -0.15) is 13.2 Å². The fourth-order valence-corrected chi connectivity index (χ4v) is 4.08. The van der Waals surface area contributed by atoms with E-state index in [1.807, 2.05) is 0 Å². The number of rotatable bonds is 9. The average molecular weight is 468 g/mol. The third-order valence-corrected chi connectivity index (χ3v) is 6.79. The zero-order valence-electron chi connectivity index (χ0n) is 18.4. The number of anilines is 1. The molecule has 174 valence electrons. The Hall–Kier alpha value is -2.66. The van der Waals surface area contributed by atoms with Gasteiger partial charge in [-0.15, -0.1) is 0 Å². The maximum absolute atomic E-state index is 12.9. The molecule has 3 rings (SSSR count). The molecule has 3 aromatic rings. The van der Waals surface area contributed by atoms with E-state index in [1.54, 1.807) is 22.9 Å². The normalized spacial score (nSPS) is 12.6. The predicted octanol–water partition coefficient (Wildman–Crippen LogP) is 4.03. The summed E-state index contributed by atoms with van der Waals surface area (Å²) in [5.41, 5.74) is 7.50. The molecular weight excluding hydrogens is 439 g/mol. The minimum Gasteiger partial charge on any atom is -0.394 e. The van der Waals surface area contributed by atoms with Crippen molar-refractivity contribution >= 4 is 24.8 Å². The summed E-state index contributed by atoms with van der Waals surface area (Å²) in [7, 11) is -1.31. The first kappa shape index (κ1) is 24.0. The summed E-state index contributed by atoms with van der Waals surface area (Å²) in [6, 6.07) is 5.90. The Morgan fingerprint density at radius 1 is 1.22 bits per heavy atom. The van der Waals surface area contributed by atoms with E-state index in [-0.39, 0.29) is 30.9 Å². The van der Waals surface area contributed by atoms with Gasteiger partial charge in [-0.1, -0.05) is 19.6 Å². The number of fused-ring (bicyclic) bond motifs is 1. The molecule has 0 amide bonds. The number of nitrogen functional groups attached to an aromatic ring is 1. The fourth-order valence-electron chi connectivity index (χ4n) is 3.32. The number of alkyl halides is 3. The van der Waals surface area contributed by atoms with Crippen LogP contribution in [0.2, 0.25) is 25.7 Å². The van der Waals surface area contributed by atoms with Gasteiger partial charge in [0.25, 0.3) is 5.56 Å². The maximum atomic E-state index is 12.9. The van der Waals surface area contributed by atoms with Crippen LogP contribution in [-0.4, -0.2) is 40.0 Å². The quantitative estimate of drug-likeness (QED) is 0.379. The second kappa shape index (κ2) is 9.45. The molecular formula is C21H28F3N5O2Si. The SMILES string of the molecule is C[Si](C)(C)CCOCn1c(Cn2cccc(N)c2=O)cc2ncnc(CCC(F)(F)F)c21. The van der Waals surface area contributed by atoms with Crippen molar-refractivity contribution in [3.05, 3.63) is 52.5 Å². The number of nitrogens with two attached hydrogens (primary N) is 1. The molecule has 0 bridgehead atoms. The lowest BCUT2D eigenvalue weighted by Crippen LogP contribution is -2.24. The van der Waals surface area contributed by atoms with Crippen LogP contribution in [0.25, 0.3) is 11.0 Å². The molecule has 0 aliphatic heterocycles. The van der Waals surface area contributed by atoms with Crippen molar-refractivity contribution in [2.75, 3.05) is 12.3 Å². The predicted molar refractivity (Wildman–Crippen MR) is 120 cm³/mol. The van der Waals surface area contributed by atoms with Crippen molar-refractivity contribution in [3.8, 4) is 0 Å². The lowest BCUT2D eigenvalue weighted by molar-refractivity contribution is -0.134. The number of pyridine rings is 1. The van der Waals surface area contributed by atoms with Gasteiger partial charge in [-0.05, 0) is 24.2 Å². The molecule has 0 aliphatic rings. The first-order valence-electron chi connectivity index (χ1n) is 10.4. The average Bonchev–Trinajstić information content (AvgIpc) is 3.03. The third-order valence-electron chi connectivity index (χ3n) is 5.09. The molecule has 0 saturated carbocycles. The topological polar surface area (TPSA) is 88.0 Å². The molecule has 0 atom stereocenters. The maximum Gasteiger partial charge on any atom is 0.389 e. The van der Waals surface area contributed by atoms with Gasteiger partial charge in [0.1, 0.15) is 13.1 Å². The Morgan fingerprint density at radius 3 is 2.66 bits per heavy atom. The molecule has 0 aliphatic carbocycles.